The molecule has 1 aromatic heterocycles. The highest BCUT2D eigenvalue weighted by atomic mass is 35.5. The van der Waals surface area contributed by atoms with Gasteiger partial charge in [0.15, 0.2) is 0 Å². The maximum Gasteiger partial charge on any atom is 0.0893 e. The molecule has 78 valence electrons. The van der Waals surface area contributed by atoms with Crippen LogP contribution in [0.15, 0.2) is 18.2 Å². The van der Waals surface area contributed by atoms with E-state index in [0.717, 1.165) is 22.2 Å². The summed E-state index contributed by atoms with van der Waals surface area (Å²) in [6, 6.07) is 5.54. The third kappa shape index (κ3) is 1.93. The minimum Gasteiger partial charge on any atom is -0.325 e. The van der Waals surface area contributed by atoms with E-state index >= 15 is 0 Å². The van der Waals surface area contributed by atoms with Gasteiger partial charge in [-0.05, 0) is 30.7 Å². The quantitative estimate of drug-likeness (QED) is 0.831. The lowest BCUT2D eigenvalue weighted by molar-refractivity contribution is 0.985. The van der Waals surface area contributed by atoms with Crippen LogP contribution >= 0.6 is 23.2 Å². The molecule has 0 aliphatic rings. The number of fused-ring (bicyclic) bond motifs is 1. The summed E-state index contributed by atoms with van der Waals surface area (Å²) < 4.78 is 0. The Hall–Kier alpha value is -0.830. The lowest BCUT2D eigenvalue weighted by Gasteiger charge is -2.06. The highest BCUT2D eigenvalue weighted by molar-refractivity contribution is 6.38. The molecule has 0 aliphatic carbocycles. The second-order valence-electron chi connectivity index (χ2n) is 3.42. The predicted octanol–water partition coefficient (Wildman–Crippen LogP) is 3.31. The average Bonchev–Trinajstić information content (AvgIpc) is 2.16. The van der Waals surface area contributed by atoms with Gasteiger partial charge in [0, 0.05) is 17.0 Å². The number of hydrogen-bond donors (Lipinski definition) is 1. The van der Waals surface area contributed by atoms with Crippen molar-refractivity contribution in [3.8, 4) is 0 Å². The topological polar surface area (TPSA) is 38.9 Å². The summed E-state index contributed by atoms with van der Waals surface area (Å²) in [7, 11) is 0. The number of nitrogens with two attached hydrogens (primary N) is 1. The average molecular weight is 241 g/mol. The van der Waals surface area contributed by atoms with Gasteiger partial charge >= 0.3 is 0 Å². The van der Waals surface area contributed by atoms with E-state index in [-0.39, 0.29) is 0 Å². The van der Waals surface area contributed by atoms with Gasteiger partial charge in [-0.15, -0.1) is 0 Å². The van der Waals surface area contributed by atoms with Gasteiger partial charge in [-0.1, -0.05) is 23.2 Å². The number of aromatic nitrogens is 1. The Morgan fingerprint density at radius 2 is 2.00 bits per heavy atom. The van der Waals surface area contributed by atoms with E-state index in [0.29, 0.717) is 16.6 Å². The normalized spacial score (nSPS) is 10.9. The van der Waals surface area contributed by atoms with E-state index in [1.807, 2.05) is 19.1 Å². The fraction of sp³-hybridized carbons (Fsp3) is 0.182. The van der Waals surface area contributed by atoms with Crippen molar-refractivity contribution in [1.29, 1.82) is 0 Å². The Morgan fingerprint density at radius 1 is 1.27 bits per heavy atom. The molecule has 2 nitrogen and oxygen atoms in total. The number of halogens is 2. The molecule has 4 heteroatoms. The molecule has 0 radical (unpaired) electrons. The first-order valence-corrected chi connectivity index (χ1v) is 5.32. The van der Waals surface area contributed by atoms with Crippen molar-refractivity contribution in [3.05, 3.63) is 39.5 Å². The zero-order valence-corrected chi connectivity index (χ0v) is 9.73. The van der Waals surface area contributed by atoms with Gasteiger partial charge in [0.2, 0.25) is 0 Å². The van der Waals surface area contributed by atoms with Crippen LogP contribution in [0.1, 0.15) is 11.3 Å². The van der Waals surface area contributed by atoms with Crippen LogP contribution in [0.25, 0.3) is 10.9 Å². The van der Waals surface area contributed by atoms with Gasteiger partial charge in [0.1, 0.15) is 0 Å². The number of hydrogen-bond acceptors (Lipinski definition) is 2. The van der Waals surface area contributed by atoms with Crippen molar-refractivity contribution in [2.45, 2.75) is 13.5 Å². The SMILES string of the molecule is Cc1cc2cc(Cl)cc(Cl)c2nc1CN. The van der Waals surface area contributed by atoms with Crippen molar-refractivity contribution < 1.29 is 0 Å². The van der Waals surface area contributed by atoms with Crippen molar-refractivity contribution in [1.82, 2.24) is 4.98 Å². The van der Waals surface area contributed by atoms with E-state index < -0.39 is 0 Å². The molecule has 2 N–H and O–H groups in total. The maximum atomic E-state index is 6.06. The molecular weight excluding hydrogens is 231 g/mol. The molecule has 0 aliphatic heterocycles. The molecule has 0 spiro atoms. The van der Waals surface area contributed by atoms with Gasteiger partial charge < -0.3 is 5.73 Å². The molecule has 0 fully saturated rings. The van der Waals surface area contributed by atoms with Crippen LogP contribution in [0.5, 0.6) is 0 Å². The molecular formula is C11H10Cl2N2. The zero-order chi connectivity index (χ0) is 11.0. The summed E-state index contributed by atoms with van der Waals surface area (Å²) in [6.45, 7) is 2.39. The largest absolute Gasteiger partial charge is 0.325 e. The summed E-state index contributed by atoms with van der Waals surface area (Å²) in [4.78, 5) is 4.42. The third-order valence-corrected chi connectivity index (χ3v) is 2.83. The summed E-state index contributed by atoms with van der Waals surface area (Å²) >= 11 is 12.0. The summed E-state index contributed by atoms with van der Waals surface area (Å²) in [5, 5.41) is 2.13. The molecule has 0 bridgehead atoms. The van der Waals surface area contributed by atoms with Crippen LogP contribution in [-0.4, -0.2) is 4.98 Å². The maximum absolute atomic E-state index is 6.06. The first kappa shape index (κ1) is 10.7. The molecule has 0 saturated heterocycles. The van der Waals surface area contributed by atoms with Crippen molar-refractivity contribution >= 4 is 34.1 Å². The standard InChI is InChI=1S/C11H10Cl2N2/c1-6-2-7-3-8(12)4-9(13)11(7)15-10(6)5-14/h2-4H,5,14H2,1H3. The zero-order valence-electron chi connectivity index (χ0n) is 8.22. The Labute approximate surface area is 98.0 Å². The minimum atomic E-state index is 0.417. The highest BCUT2D eigenvalue weighted by Gasteiger charge is 2.06. The minimum absolute atomic E-state index is 0.417. The van der Waals surface area contributed by atoms with E-state index in [1.54, 1.807) is 6.07 Å². The molecule has 2 rings (SSSR count). The smallest absolute Gasteiger partial charge is 0.0893 e. The highest BCUT2D eigenvalue weighted by Crippen LogP contribution is 2.27. The van der Waals surface area contributed by atoms with Crippen LogP contribution in [0, 0.1) is 6.92 Å². The number of rotatable bonds is 1. The van der Waals surface area contributed by atoms with Crippen molar-refractivity contribution in [3.63, 3.8) is 0 Å². The van der Waals surface area contributed by atoms with Gasteiger partial charge in [-0.3, -0.25) is 0 Å². The molecule has 0 amide bonds. The fourth-order valence-electron chi connectivity index (χ4n) is 1.56. The van der Waals surface area contributed by atoms with Crippen molar-refractivity contribution in [2.75, 3.05) is 0 Å². The van der Waals surface area contributed by atoms with E-state index in [1.165, 1.54) is 0 Å². The van der Waals surface area contributed by atoms with Crippen LogP contribution in [-0.2, 0) is 6.54 Å². The summed E-state index contributed by atoms with van der Waals surface area (Å²) in [5.74, 6) is 0. The Kier molecular flexibility index (Phi) is 2.83. The van der Waals surface area contributed by atoms with Gasteiger partial charge in [0.05, 0.1) is 16.2 Å². The summed E-state index contributed by atoms with van der Waals surface area (Å²) in [6.07, 6.45) is 0. The number of aryl methyl sites for hydroxylation is 1. The molecule has 1 aromatic carbocycles. The van der Waals surface area contributed by atoms with Crippen LogP contribution < -0.4 is 5.73 Å². The number of benzene rings is 1. The van der Waals surface area contributed by atoms with Crippen molar-refractivity contribution in [2.24, 2.45) is 5.73 Å². The predicted molar refractivity (Wildman–Crippen MR) is 64.4 cm³/mol. The summed E-state index contributed by atoms with van der Waals surface area (Å²) in [5.41, 5.74) is 8.27. The molecule has 0 atom stereocenters. The van der Waals surface area contributed by atoms with E-state index in [9.17, 15) is 0 Å². The molecule has 1 heterocycles. The second kappa shape index (κ2) is 3.97. The van der Waals surface area contributed by atoms with Gasteiger partial charge in [-0.25, -0.2) is 4.98 Å². The van der Waals surface area contributed by atoms with Crippen LogP contribution in [0.3, 0.4) is 0 Å². The Morgan fingerprint density at radius 3 is 2.67 bits per heavy atom. The number of nitrogens with zero attached hydrogens (tertiary/aromatic N) is 1. The Balaban J connectivity index is 2.81. The lowest BCUT2D eigenvalue weighted by atomic mass is 10.1. The third-order valence-electron chi connectivity index (χ3n) is 2.32. The monoisotopic (exact) mass is 240 g/mol. The van der Waals surface area contributed by atoms with E-state index in [4.69, 9.17) is 28.9 Å². The Bertz CT molecular complexity index is 523. The van der Waals surface area contributed by atoms with E-state index in [2.05, 4.69) is 4.98 Å². The van der Waals surface area contributed by atoms with Crippen LogP contribution in [0.2, 0.25) is 10.0 Å². The molecule has 2 aromatic rings. The number of pyridine rings is 1. The van der Waals surface area contributed by atoms with Crippen LogP contribution in [0.4, 0.5) is 0 Å². The van der Waals surface area contributed by atoms with Gasteiger partial charge in [-0.2, -0.15) is 0 Å². The molecule has 15 heavy (non-hydrogen) atoms. The molecule has 0 saturated carbocycles. The first-order valence-electron chi connectivity index (χ1n) is 4.57. The first-order chi connectivity index (χ1) is 7.11. The lowest BCUT2D eigenvalue weighted by Crippen LogP contribution is -2.02. The molecule has 0 unspecified atom stereocenters. The second-order valence-corrected chi connectivity index (χ2v) is 4.26. The van der Waals surface area contributed by atoms with Gasteiger partial charge in [0.25, 0.3) is 0 Å². The fourth-order valence-corrected chi connectivity index (χ4v) is 2.11.